The number of ether oxygens (including phenoxy) is 1. The zero-order valence-electron chi connectivity index (χ0n) is 14.3. The van der Waals surface area contributed by atoms with Crippen LogP contribution < -0.4 is 0 Å². The number of hydrogen-bond donors (Lipinski definition) is 0. The van der Waals surface area contributed by atoms with Gasteiger partial charge in [-0.3, -0.25) is 4.99 Å². The highest BCUT2D eigenvalue weighted by Gasteiger charge is 2.06. The number of nitrogens with zero attached hydrogens (tertiary/aromatic N) is 2. The second kappa shape index (κ2) is 7.62. The predicted molar refractivity (Wildman–Crippen MR) is 100 cm³/mol. The van der Waals surface area contributed by atoms with Gasteiger partial charge in [-0.05, 0) is 50.2 Å². The van der Waals surface area contributed by atoms with Gasteiger partial charge in [-0.1, -0.05) is 24.3 Å². The van der Waals surface area contributed by atoms with Gasteiger partial charge in [0, 0.05) is 29.4 Å². The molecule has 0 N–H and O–H groups in total. The Labute approximate surface area is 147 Å². The molecule has 3 rings (SSSR count). The predicted octanol–water partition coefficient (Wildman–Crippen LogP) is 4.71. The maximum atomic E-state index is 11.8. The molecule has 0 saturated carbocycles. The zero-order chi connectivity index (χ0) is 17.6. The Morgan fingerprint density at radius 1 is 1.12 bits per heavy atom. The SMILES string of the molecule is CCOC(=O)c1cccc(N=Cc2cc(C)n(-c3ccccc3)c2)c1. The highest BCUT2D eigenvalue weighted by Crippen LogP contribution is 2.17. The Bertz CT molecular complexity index is 895. The van der Waals surface area contributed by atoms with Gasteiger partial charge < -0.3 is 9.30 Å². The first-order valence-corrected chi connectivity index (χ1v) is 8.23. The summed E-state index contributed by atoms with van der Waals surface area (Å²) in [5, 5.41) is 0. The summed E-state index contributed by atoms with van der Waals surface area (Å²) >= 11 is 0. The van der Waals surface area contributed by atoms with Crippen molar-refractivity contribution in [1.29, 1.82) is 0 Å². The van der Waals surface area contributed by atoms with E-state index in [1.54, 1.807) is 31.3 Å². The molecule has 1 heterocycles. The lowest BCUT2D eigenvalue weighted by atomic mass is 10.2. The van der Waals surface area contributed by atoms with Crippen LogP contribution >= 0.6 is 0 Å². The second-order valence-corrected chi connectivity index (χ2v) is 5.65. The van der Waals surface area contributed by atoms with E-state index in [1.807, 2.05) is 30.5 Å². The van der Waals surface area contributed by atoms with Crippen molar-refractivity contribution >= 4 is 17.9 Å². The summed E-state index contributed by atoms with van der Waals surface area (Å²) in [6.07, 6.45) is 3.85. The molecule has 25 heavy (non-hydrogen) atoms. The third-order valence-corrected chi connectivity index (χ3v) is 3.79. The molecular formula is C21H20N2O2. The van der Waals surface area contributed by atoms with Gasteiger partial charge >= 0.3 is 5.97 Å². The third kappa shape index (κ3) is 4.04. The molecule has 0 amide bonds. The van der Waals surface area contributed by atoms with Crippen LogP contribution in [-0.4, -0.2) is 23.4 Å². The van der Waals surface area contributed by atoms with E-state index in [1.165, 1.54) is 0 Å². The first kappa shape index (κ1) is 16.7. The quantitative estimate of drug-likeness (QED) is 0.501. The number of benzene rings is 2. The highest BCUT2D eigenvalue weighted by molar-refractivity contribution is 5.91. The fourth-order valence-electron chi connectivity index (χ4n) is 2.61. The summed E-state index contributed by atoms with van der Waals surface area (Å²) in [5.41, 5.74) is 4.48. The normalized spacial score (nSPS) is 11.0. The van der Waals surface area contributed by atoms with Gasteiger partial charge in [-0.15, -0.1) is 0 Å². The average molecular weight is 332 g/mol. The number of rotatable bonds is 5. The Hall–Kier alpha value is -3.14. The Morgan fingerprint density at radius 3 is 2.68 bits per heavy atom. The van der Waals surface area contributed by atoms with E-state index >= 15 is 0 Å². The maximum Gasteiger partial charge on any atom is 0.338 e. The van der Waals surface area contributed by atoms with Crippen molar-refractivity contribution in [3.05, 3.63) is 83.7 Å². The summed E-state index contributed by atoms with van der Waals surface area (Å²) in [4.78, 5) is 16.3. The first-order valence-electron chi connectivity index (χ1n) is 8.23. The van der Waals surface area contributed by atoms with E-state index in [0.717, 1.165) is 22.6 Å². The largest absolute Gasteiger partial charge is 0.462 e. The number of aliphatic imine (C=N–C) groups is 1. The smallest absolute Gasteiger partial charge is 0.338 e. The monoisotopic (exact) mass is 332 g/mol. The fraction of sp³-hybridized carbons (Fsp3) is 0.143. The lowest BCUT2D eigenvalue weighted by molar-refractivity contribution is 0.0526. The molecule has 0 aliphatic heterocycles. The lowest BCUT2D eigenvalue weighted by Gasteiger charge is -2.04. The Morgan fingerprint density at radius 2 is 1.92 bits per heavy atom. The summed E-state index contributed by atoms with van der Waals surface area (Å²) in [5.74, 6) is -0.328. The molecule has 0 atom stereocenters. The molecule has 0 unspecified atom stereocenters. The molecule has 4 heteroatoms. The highest BCUT2D eigenvalue weighted by atomic mass is 16.5. The van der Waals surface area contributed by atoms with Gasteiger partial charge in [-0.25, -0.2) is 4.79 Å². The van der Waals surface area contributed by atoms with Crippen LogP contribution in [0.4, 0.5) is 5.69 Å². The van der Waals surface area contributed by atoms with Crippen molar-refractivity contribution in [2.75, 3.05) is 6.61 Å². The van der Waals surface area contributed by atoms with Gasteiger partial charge in [0.2, 0.25) is 0 Å². The number of carbonyl (C=O) groups is 1. The number of aromatic nitrogens is 1. The number of hydrogen-bond acceptors (Lipinski definition) is 3. The van der Waals surface area contributed by atoms with Crippen molar-refractivity contribution in [2.24, 2.45) is 4.99 Å². The molecule has 0 aliphatic rings. The molecule has 0 aliphatic carbocycles. The molecule has 126 valence electrons. The van der Waals surface area contributed by atoms with Crippen LogP contribution in [0.3, 0.4) is 0 Å². The van der Waals surface area contributed by atoms with Crippen molar-refractivity contribution in [3.8, 4) is 5.69 Å². The van der Waals surface area contributed by atoms with Crippen LogP contribution in [0.5, 0.6) is 0 Å². The minimum absolute atomic E-state index is 0.328. The molecule has 4 nitrogen and oxygen atoms in total. The molecule has 0 spiro atoms. The summed E-state index contributed by atoms with van der Waals surface area (Å²) in [6, 6.07) is 19.4. The van der Waals surface area contributed by atoms with Crippen LogP contribution in [0.2, 0.25) is 0 Å². The molecule has 1 aromatic heterocycles. The van der Waals surface area contributed by atoms with Crippen molar-refractivity contribution in [3.63, 3.8) is 0 Å². The maximum absolute atomic E-state index is 11.8. The van der Waals surface area contributed by atoms with Crippen molar-refractivity contribution in [2.45, 2.75) is 13.8 Å². The fourth-order valence-corrected chi connectivity index (χ4v) is 2.61. The standard InChI is InChI=1S/C21H20N2O2/c1-3-25-21(24)18-8-7-9-19(13-18)22-14-17-12-16(2)23(15-17)20-10-5-4-6-11-20/h4-15H,3H2,1-2H3. The van der Waals surface area contributed by atoms with Gasteiger partial charge in [0.15, 0.2) is 0 Å². The molecule has 0 bridgehead atoms. The summed E-state index contributed by atoms with van der Waals surface area (Å²) in [7, 11) is 0. The zero-order valence-corrected chi connectivity index (χ0v) is 14.3. The molecule has 0 fully saturated rings. The van der Waals surface area contributed by atoms with E-state index < -0.39 is 0 Å². The topological polar surface area (TPSA) is 43.6 Å². The molecule has 2 aromatic carbocycles. The number of esters is 1. The molecule has 3 aromatic rings. The van der Waals surface area contributed by atoms with Crippen molar-refractivity contribution in [1.82, 2.24) is 4.57 Å². The average Bonchev–Trinajstić information content (AvgIpc) is 3.02. The van der Waals surface area contributed by atoms with Crippen LogP contribution in [0.25, 0.3) is 5.69 Å². The van der Waals surface area contributed by atoms with E-state index in [-0.39, 0.29) is 5.97 Å². The van der Waals surface area contributed by atoms with E-state index in [9.17, 15) is 4.79 Å². The van der Waals surface area contributed by atoms with E-state index in [0.29, 0.717) is 12.2 Å². The van der Waals surface area contributed by atoms with Crippen LogP contribution in [0.15, 0.2) is 71.9 Å². The van der Waals surface area contributed by atoms with Crippen molar-refractivity contribution < 1.29 is 9.53 Å². The minimum Gasteiger partial charge on any atom is -0.462 e. The summed E-state index contributed by atoms with van der Waals surface area (Å²) < 4.78 is 7.14. The van der Waals surface area contributed by atoms with Gasteiger partial charge in [-0.2, -0.15) is 0 Å². The first-order chi connectivity index (χ1) is 12.2. The minimum atomic E-state index is -0.328. The number of para-hydroxylation sites is 1. The van der Waals surface area contributed by atoms with Gasteiger partial charge in [0.1, 0.15) is 0 Å². The Kier molecular flexibility index (Phi) is 5.09. The van der Waals surface area contributed by atoms with E-state index in [2.05, 4.69) is 34.7 Å². The molecular weight excluding hydrogens is 312 g/mol. The number of aryl methyl sites for hydroxylation is 1. The Balaban J connectivity index is 1.81. The van der Waals surface area contributed by atoms with Gasteiger partial charge in [0.05, 0.1) is 17.9 Å². The van der Waals surface area contributed by atoms with Crippen LogP contribution in [-0.2, 0) is 4.74 Å². The molecule has 0 radical (unpaired) electrons. The third-order valence-electron chi connectivity index (χ3n) is 3.79. The summed E-state index contributed by atoms with van der Waals surface area (Å²) in [6.45, 7) is 4.21. The van der Waals surface area contributed by atoms with E-state index in [4.69, 9.17) is 4.74 Å². The van der Waals surface area contributed by atoms with Gasteiger partial charge in [0.25, 0.3) is 0 Å². The second-order valence-electron chi connectivity index (χ2n) is 5.65. The molecule has 0 saturated heterocycles. The van der Waals surface area contributed by atoms with Crippen LogP contribution in [0.1, 0.15) is 28.5 Å². The lowest BCUT2D eigenvalue weighted by Crippen LogP contribution is -2.03. The number of carbonyl (C=O) groups excluding carboxylic acids is 1. The van der Waals surface area contributed by atoms with Crippen LogP contribution in [0, 0.1) is 6.92 Å².